The summed E-state index contributed by atoms with van der Waals surface area (Å²) in [5.74, 6) is 0.522. The molecule has 0 unspecified atom stereocenters. The van der Waals surface area contributed by atoms with E-state index in [1.165, 1.54) is 7.11 Å². The molecule has 1 fully saturated rings. The molecule has 1 aromatic carbocycles. The first-order valence-electron chi connectivity index (χ1n) is 6.28. The highest BCUT2D eigenvalue weighted by Crippen LogP contribution is 2.32. The summed E-state index contributed by atoms with van der Waals surface area (Å²) < 4.78 is 5.26. The maximum absolute atomic E-state index is 11.5. The van der Waals surface area contributed by atoms with Gasteiger partial charge in [-0.15, -0.1) is 0 Å². The third-order valence-corrected chi connectivity index (χ3v) is 3.39. The van der Waals surface area contributed by atoms with Gasteiger partial charge in [0.2, 0.25) is 0 Å². The molecule has 0 amide bonds. The number of hydrogen-bond acceptors (Lipinski definition) is 6. The lowest BCUT2D eigenvalue weighted by Gasteiger charge is -2.35. The largest absolute Gasteiger partial charge is 0.733 e. The van der Waals surface area contributed by atoms with E-state index in [4.69, 9.17) is 4.74 Å². The fraction of sp³-hybridized carbons (Fsp3) is 0.538. The summed E-state index contributed by atoms with van der Waals surface area (Å²) in [6, 6.07) is 5.53. The number of rotatable bonds is 4. The molecule has 0 spiro atoms. The Morgan fingerprint density at radius 2 is 1.84 bits per heavy atom. The number of anilines is 2. The number of ether oxygens (including phenoxy) is 1. The van der Waals surface area contributed by atoms with Crippen LogP contribution in [0.1, 0.15) is 0 Å². The maximum Gasteiger partial charge on any atom is 0.145 e. The van der Waals surface area contributed by atoms with Crippen LogP contribution in [0.25, 0.3) is 0 Å². The predicted molar refractivity (Wildman–Crippen MR) is 75.6 cm³/mol. The van der Waals surface area contributed by atoms with E-state index in [1.54, 1.807) is 13.2 Å². The smallest absolute Gasteiger partial charge is 0.145 e. The van der Waals surface area contributed by atoms with Gasteiger partial charge in [0.25, 0.3) is 0 Å². The zero-order chi connectivity index (χ0) is 13.8. The Morgan fingerprint density at radius 1 is 1.16 bits per heavy atom. The van der Waals surface area contributed by atoms with Crippen LogP contribution in [-0.2, 0) is 4.84 Å². The quantitative estimate of drug-likeness (QED) is 0.766. The molecule has 1 aliphatic rings. The number of benzene rings is 1. The number of hydrogen-bond donors (Lipinski definition) is 0. The van der Waals surface area contributed by atoms with Crippen LogP contribution >= 0.6 is 0 Å². The zero-order valence-corrected chi connectivity index (χ0v) is 11.6. The maximum atomic E-state index is 11.5. The fourth-order valence-corrected chi connectivity index (χ4v) is 2.18. The summed E-state index contributed by atoms with van der Waals surface area (Å²) in [4.78, 5) is 9.24. The van der Waals surface area contributed by atoms with E-state index in [9.17, 15) is 5.21 Å². The molecule has 0 aromatic heterocycles. The van der Waals surface area contributed by atoms with Crippen LogP contribution in [0.5, 0.6) is 5.75 Å². The molecule has 0 atom stereocenters. The van der Waals surface area contributed by atoms with Crippen LogP contribution < -0.4 is 14.9 Å². The van der Waals surface area contributed by atoms with Crippen molar-refractivity contribution >= 4 is 11.4 Å². The van der Waals surface area contributed by atoms with Crippen molar-refractivity contribution in [3.8, 4) is 5.75 Å². The van der Waals surface area contributed by atoms with Gasteiger partial charge in [0, 0.05) is 37.9 Å². The third-order valence-electron chi connectivity index (χ3n) is 3.39. The summed E-state index contributed by atoms with van der Waals surface area (Å²) in [7, 11) is 5.01. The van der Waals surface area contributed by atoms with Gasteiger partial charge >= 0.3 is 0 Å². The van der Waals surface area contributed by atoms with E-state index in [-0.39, 0.29) is 0 Å². The molecule has 1 aromatic rings. The molecule has 0 aliphatic carbocycles. The van der Waals surface area contributed by atoms with Crippen molar-refractivity contribution in [1.82, 2.24) is 4.90 Å². The Hall–Kier alpha value is -1.50. The second-order valence-corrected chi connectivity index (χ2v) is 4.59. The van der Waals surface area contributed by atoms with E-state index >= 15 is 0 Å². The SMILES string of the molecule is COc1cc(N2CCN(C)CC2)ccc1N([O-])OC. The lowest BCUT2D eigenvalue weighted by molar-refractivity contribution is 0.195. The van der Waals surface area contributed by atoms with E-state index < -0.39 is 0 Å². The molecule has 6 heteroatoms. The molecule has 19 heavy (non-hydrogen) atoms. The predicted octanol–water partition coefficient (Wildman–Crippen LogP) is 1.31. The van der Waals surface area contributed by atoms with Crippen LogP contribution in [0.3, 0.4) is 0 Å². The van der Waals surface area contributed by atoms with Gasteiger partial charge in [0.1, 0.15) is 5.75 Å². The standard InChI is InChI=1S/C13H20N3O3/c1-14-6-8-15(9-7-14)11-4-5-12(16(17)19-3)13(10-11)18-2/h4-5,10H,6-9H2,1-3H3/q-1. The number of methoxy groups -OCH3 is 1. The molecule has 0 N–H and O–H groups in total. The Morgan fingerprint density at radius 3 is 2.42 bits per heavy atom. The molecule has 0 radical (unpaired) electrons. The van der Waals surface area contributed by atoms with Gasteiger partial charge in [-0.25, -0.2) is 0 Å². The normalized spacial score (nSPS) is 16.5. The average Bonchev–Trinajstić information content (AvgIpc) is 2.46. The van der Waals surface area contributed by atoms with Crippen LogP contribution in [0, 0.1) is 5.21 Å². The number of nitrogens with zero attached hydrogens (tertiary/aromatic N) is 3. The lowest BCUT2D eigenvalue weighted by Crippen LogP contribution is -2.44. The fourth-order valence-electron chi connectivity index (χ4n) is 2.18. The van der Waals surface area contributed by atoms with E-state index in [2.05, 4.69) is 21.7 Å². The van der Waals surface area contributed by atoms with Crippen LogP contribution in [0.15, 0.2) is 18.2 Å². The van der Waals surface area contributed by atoms with Gasteiger partial charge in [-0.1, -0.05) is 0 Å². The number of piperazine rings is 1. The van der Waals surface area contributed by atoms with E-state index in [0.29, 0.717) is 16.7 Å². The molecule has 1 aliphatic heterocycles. The van der Waals surface area contributed by atoms with Crippen LogP contribution in [0.2, 0.25) is 0 Å². The highest BCUT2D eigenvalue weighted by molar-refractivity contribution is 5.65. The molecule has 0 bridgehead atoms. The van der Waals surface area contributed by atoms with Crippen molar-refractivity contribution in [1.29, 1.82) is 0 Å². The second kappa shape index (κ2) is 6.10. The van der Waals surface area contributed by atoms with Gasteiger partial charge in [-0.2, -0.15) is 0 Å². The monoisotopic (exact) mass is 266 g/mol. The average molecular weight is 266 g/mol. The Labute approximate surface area is 113 Å². The minimum Gasteiger partial charge on any atom is -0.733 e. The summed E-state index contributed by atoms with van der Waals surface area (Å²) >= 11 is 0. The van der Waals surface area contributed by atoms with Crippen molar-refractivity contribution in [2.24, 2.45) is 0 Å². The first-order valence-corrected chi connectivity index (χ1v) is 6.28. The minimum atomic E-state index is 0.378. The van der Waals surface area contributed by atoms with Crippen LogP contribution in [0.4, 0.5) is 11.4 Å². The van der Waals surface area contributed by atoms with E-state index in [0.717, 1.165) is 31.9 Å². The van der Waals surface area contributed by atoms with Crippen molar-refractivity contribution in [2.45, 2.75) is 0 Å². The van der Waals surface area contributed by atoms with Gasteiger partial charge in [-0.05, 0) is 19.2 Å². The first kappa shape index (κ1) is 13.9. The topological polar surface area (TPSA) is 51.2 Å². The molecule has 0 saturated carbocycles. The zero-order valence-electron chi connectivity index (χ0n) is 11.6. The molecule has 2 rings (SSSR count). The van der Waals surface area contributed by atoms with E-state index in [1.807, 2.05) is 12.1 Å². The summed E-state index contributed by atoms with van der Waals surface area (Å²) in [6.45, 7) is 4.03. The van der Waals surface area contributed by atoms with Crippen molar-refractivity contribution in [2.75, 3.05) is 57.6 Å². The molecular formula is C13H20N3O3-. The highest BCUT2D eigenvalue weighted by atomic mass is 16.9. The van der Waals surface area contributed by atoms with Crippen molar-refractivity contribution in [3.63, 3.8) is 0 Å². The molecule has 1 heterocycles. The Kier molecular flexibility index (Phi) is 4.47. The van der Waals surface area contributed by atoms with Crippen LogP contribution in [-0.4, -0.2) is 52.3 Å². The first-order chi connectivity index (χ1) is 9.15. The number of likely N-dealkylation sites (N-methyl/N-ethyl adjacent to an activating group) is 1. The molecule has 6 nitrogen and oxygen atoms in total. The van der Waals surface area contributed by atoms with Gasteiger partial charge in [0.05, 0.1) is 19.9 Å². The molecular weight excluding hydrogens is 246 g/mol. The summed E-state index contributed by atoms with van der Waals surface area (Å²) in [6.07, 6.45) is 0. The lowest BCUT2D eigenvalue weighted by atomic mass is 10.2. The second-order valence-electron chi connectivity index (χ2n) is 4.59. The van der Waals surface area contributed by atoms with Gasteiger partial charge < -0.3 is 25.0 Å². The van der Waals surface area contributed by atoms with Gasteiger partial charge in [0.15, 0.2) is 0 Å². The highest BCUT2D eigenvalue weighted by Gasteiger charge is 2.16. The van der Waals surface area contributed by atoms with Crippen molar-refractivity contribution in [3.05, 3.63) is 23.4 Å². The van der Waals surface area contributed by atoms with Crippen molar-refractivity contribution < 1.29 is 9.57 Å². The Balaban J connectivity index is 2.19. The minimum absolute atomic E-state index is 0.378. The summed E-state index contributed by atoms with van der Waals surface area (Å²) in [5, 5.41) is 12.0. The molecule has 1 saturated heterocycles. The third kappa shape index (κ3) is 3.09. The Bertz CT molecular complexity index is 420. The molecule has 106 valence electrons. The summed E-state index contributed by atoms with van der Waals surface area (Å²) in [5.41, 5.74) is 1.45. The van der Waals surface area contributed by atoms with Gasteiger partial charge in [-0.3, -0.25) is 4.84 Å².